The van der Waals surface area contributed by atoms with Crippen LogP contribution in [0.1, 0.15) is 101 Å². The third kappa shape index (κ3) is 7.41. The Morgan fingerprint density at radius 3 is 1.95 bits per heavy atom. The summed E-state index contributed by atoms with van der Waals surface area (Å²) in [7, 11) is 0. The molecule has 536 valence electrons. The van der Waals surface area contributed by atoms with Gasteiger partial charge < -0.3 is 71.5 Å². The monoisotopic (exact) mass is 1430 g/mol. The van der Waals surface area contributed by atoms with Crippen LogP contribution in [0.5, 0.6) is 0 Å². The predicted octanol–water partition coefficient (Wildman–Crippen LogP) is 2.16. The van der Waals surface area contributed by atoms with Crippen molar-refractivity contribution in [3.63, 3.8) is 0 Å². The lowest BCUT2D eigenvalue weighted by molar-refractivity contribution is -0.152. The number of nitrogens with one attached hydrogen (secondary N) is 2. The van der Waals surface area contributed by atoms with Gasteiger partial charge in [-0.05, 0) is 201 Å². The van der Waals surface area contributed by atoms with Crippen molar-refractivity contribution in [1.82, 2.24) is 20.4 Å². The molecule has 19 aliphatic rings. The zero-order chi connectivity index (χ0) is 73.2. The van der Waals surface area contributed by atoms with Gasteiger partial charge in [0.1, 0.15) is 40.6 Å². The van der Waals surface area contributed by atoms with Gasteiger partial charge in [0.25, 0.3) is 0 Å². The summed E-state index contributed by atoms with van der Waals surface area (Å²) in [5, 5.41) is 136. The van der Waals surface area contributed by atoms with Crippen LogP contribution in [-0.2, 0) is 59.9 Å². The minimum absolute atomic E-state index is 0.00554. The number of hydrogen-bond donors (Lipinski definition) is 13. The minimum Gasteiger partial charge on any atom is -0.481 e. The fourth-order valence-corrected chi connectivity index (χ4v) is 24.0. The van der Waals surface area contributed by atoms with Crippen LogP contribution < -0.4 is 21.1 Å². The van der Waals surface area contributed by atoms with Gasteiger partial charge >= 0.3 is 41.8 Å². The smallest absolute Gasteiger partial charge is 0.320 e. The second kappa shape index (κ2) is 20.8. The van der Waals surface area contributed by atoms with E-state index in [1.54, 1.807) is 6.08 Å². The lowest BCUT2D eigenvalue weighted by Crippen LogP contribution is -2.65. The first kappa shape index (κ1) is 63.9. The Morgan fingerprint density at radius 2 is 1.28 bits per heavy atom. The van der Waals surface area contributed by atoms with Crippen molar-refractivity contribution in [2.45, 2.75) is 109 Å². The molecule has 2 amide bonds. The van der Waals surface area contributed by atoms with Gasteiger partial charge in [0.15, 0.2) is 0 Å². The van der Waals surface area contributed by atoms with Crippen molar-refractivity contribution >= 4 is 82.5 Å². The fraction of sp³-hybridized carbons (Fsp3) is 0.370. The maximum Gasteiger partial charge on any atom is 0.320 e. The largest absolute Gasteiger partial charge is 0.481 e. The van der Waals surface area contributed by atoms with Gasteiger partial charge in [0, 0.05) is 77.7 Å². The number of aliphatic hydroxyl groups is 4. The maximum absolute atomic E-state index is 16.0. The van der Waals surface area contributed by atoms with Crippen LogP contribution in [0.2, 0.25) is 0 Å². The van der Waals surface area contributed by atoms with Crippen molar-refractivity contribution in [2.24, 2.45) is 35.5 Å². The van der Waals surface area contributed by atoms with Gasteiger partial charge in [-0.15, -0.1) is 0 Å². The normalized spacial score (nSPS) is 33.7. The highest BCUT2D eigenvalue weighted by molar-refractivity contribution is 6.12. The van der Waals surface area contributed by atoms with Crippen LogP contribution >= 0.6 is 0 Å². The summed E-state index contributed by atoms with van der Waals surface area (Å²) < 4.78 is 7.29. The van der Waals surface area contributed by atoms with E-state index in [0.717, 1.165) is 48.8 Å². The third-order valence-corrected chi connectivity index (χ3v) is 27.0. The highest BCUT2D eigenvalue weighted by Crippen LogP contribution is 2.83. The molecular formula is C81H66N4O21. The second-order valence-corrected chi connectivity index (χ2v) is 31.7. The predicted molar refractivity (Wildman–Crippen MR) is 368 cm³/mol. The highest BCUT2D eigenvalue weighted by Gasteiger charge is 2.84. The number of carboxylic acid groups (broad SMARTS) is 7. The molecule has 1 saturated heterocycles. The number of rotatable bonds is 25. The molecule has 17 atom stereocenters. The number of allylic oxidation sites excluding steroid dienone is 11. The Labute approximate surface area is 599 Å². The molecule has 2 aromatic rings. The van der Waals surface area contributed by atoms with Crippen LogP contribution in [0.3, 0.4) is 0 Å². The van der Waals surface area contributed by atoms with E-state index in [9.17, 15) is 79.5 Å². The van der Waals surface area contributed by atoms with E-state index in [-0.39, 0.29) is 58.0 Å². The number of ether oxygens (including phenoxy) is 1. The van der Waals surface area contributed by atoms with E-state index >= 15 is 19.8 Å². The molecule has 2 fully saturated rings. The highest BCUT2D eigenvalue weighted by atomic mass is 16.6. The van der Waals surface area contributed by atoms with Crippen molar-refractivity contribution in [2.75, 3.05) is 39.3 Å². The first-order valence-corrected chi connectivity index (χ1v) is 36.1. The molecule has 0 bridgehead atoms. The minimum atomic E-state index is -2.08. The average Bonchev–Trinajstić information content (AvgIpc) is 1.13. The van der Waals surface area contributed by atoms with E-state index < -0.39 is 180 Å². The molecule has 2 aromatic carbocycles. The molecule has 1 saturated carbocycles. The summed E-state index contributed by atoms with van der Waals surface area (Å²) in [5.74, 6) is -18.5. The average molecular weight is 1430 g/mol. The van der Waals surface area contributed by atoms with Crippen LogP contribution in [0.4, 0.5) is 0 Å². The van der Waals surface area contributed by atoms with E-state index in [2.05, 4.69) is 16.7 Å². The number of aliphatic carboxylic acids is 7. The number of carboxylic acids is 7. The lowest BCUT2D eigenvalue weighted by atomic mass is 9.36. The molecule has 1 spiro atoms. The number of amides is 2. The standard InChI is InChI=1S/C81H66N4O21/c86-44-22-40-57-60-58-39(72(40)95)21-38-54(77(102)103)41-9-6-12-78-23-32-16-29-18-35(73(96)82-13-3-1-10-42(75(98)99)84(24-45(87)88)25-46(89)90)34-17-30-19-37-53(74(97)83-14-4-2-11-43(76(100)101)85(26-47(91)92)27-48(93)94)33-8-5-7-28-15-31-20-36(44)66(57)79(104)65(31)61(49(28)33)56(37)63-50(30)62-55(34)51(29)67-52(32)71(81(41,78)106-78)59(38)68(58)80(67,105)70(62)64(60)69(63)79/h5-9,12,15-22,33-34,38,42-44,53-55,65,70-72,86,95,104-105H,1-4,10-11,13-14,23-27H2,(H,82,96)(H,83,97)(H,87,88)(H,89,90)(H,91,92)(H,93,94)(H,98,99)(H,100,101)(H,102,103). The zero-order valence-electron chi connectivity index (χ0n) is 56.2. The van der Waals surface area contributed by atoms with Gasteiger partial charge in [-0.3, -0.25) is 53.0 Å². The molecule has 1 heterocycles. The van der Waals surface area contributed by atoms with Gasteiger partial charge in [-0.2, -0.15) is 0 Å². The van der Waals surface area contributed by atoms with Crippen LogP contribution in [0.25, 0.3) is 28.9 Å². The van der Waals surface area contributed by atoms with Crippen LogP contribution in [0.15, 0.2) is 156 Å². The fourth-order valence-electron chi connectivity index (χ4n) is 24.0. The summed E-state index contributed by atoms with van der Waals surface area (Å²) in [6.07, 6.45) is 20.7. The Bertz CT molecular complexity index is 5530. The number of benzene rings is 2. The molecule has 0 radical (unpaired) electrons. The first-order chi connectivity index (χ1) is 50.8. The van der Waals surface area contributed by atoms with Crippen LogP contribution in [0, 0.1) is 35.5 Å². The van der Waals surface area contributed by atoms with Crippen LogP contribution in [-0.4, -0.2) is 200 Å². The van der Waals surface area contributed by atoms with E-state index in [1.807, 2.05) is 72.9 Å². The molecule has 17 unspecified atom stereocenters. The molecule has 21 rings (SSSR count). The summed E-state index contributed by atoms with van der Waals surface area (Å²) >= 11 is 0. The molecule has 18 aliphatic carbocycles. The quantitative estimate of drug-likeness (QED) is 0.0500. The SMILES string of the molecule is O=C(O)CN(CC(=O)O)C(CCCCNC(=O)C1=Cc2cc3c4c5c2C2C6=c7c8c9c(cc7=CC12)C(C(=O)NCCCCC(C(=O)O)N(CC(=O)O)CC(=O)O)C1C=CC=C2C=C7C=C%10C%11=C%12C(=CC%10O)C(O)C%10=CC%13C(=C%14C%10=C%12C(=C8C%11(O)C7C9=C21)C6C%145O)C4C12OC1(C=CC=C2C%13C(=O)O)C3)C(=O)O. The first-order valence-electron chi connectivity index (χ1n) is 36.1. The Kier molecular flexibility index (Phi) is 12.5. The summed E-state index contributed by atoms with van der Waals surface area (Å²) in [6, 6.07) is 1.15. The van der Waals surface area contributed by atoms with E-state index in [0.29, 0.717) is 116 Å². The maximum atomic E-state index is 16.0. The van der Waals surface area contributed by atoms with Crippen molar-refractivity contribution in [3.8, 4) is 0 Å². The van der Waals surface area contributed by atoms with E-state index in [1.165, 1.54) is 0 Å². The van der Waals surface area contributed by atoms with Crippen molar-refractivity contribution < 1.29 is 104 Å². The topological polar surface area (TPSA) is 419 Å². The number of nitrogens with zero attached hydrogens (tertiary/aromatic N) is 2. The summed E-state index contributed by atoms with van der Waals surface area (Å²) in [5.41, 5.74) is 9.16. The Balaban J connectivity index is 0.792. The number of unbranched alkanes of at least 4 members (excludes halogenated alkanes) is 2. The molecule has 13 N–H and O–H groups in total. The molecule has 1 aliphatic heterocycles. The summed E-state index contributed by atoms with van der Waals surface area (Å²) in [6.45, 7) is -3.32. The third-order valence-electron chi connectivity index (χ3n) is 27.0. The van der Waals surface area contributed by atoms with Gasteiger partial charge in [0.2, 0.25) is 11.8 Å². The van der Waals surface area contributed by atoms with Crippen molar-refractivity contribution in [3.05, 3.63) is 211 Å². The molecule has 25 nitrogen and oxygen atoms in total. The van der Waals surface area contributed by atoms with Gasteiger partial charge in [0.05, 0.1) is 44.1 Å². The van der Waals surface area contributed by atoms with Gasteiger partial charge in [-0.25, -0.2) is 0 Å². The Hall–Kier alpha value is -10.5. The molecular weight excluding hydrogens is 1360 g/mol. The zero-order valence-corrected chi connectivity index (χ0v) is 56.2. The number of carbonyl (C=O) groups excluding carboxylic acids is 2. The Morgan fingerprint density at radius 1 is 0.604 bits per heavy atom. The number of carbonyl (C=O) groups is 9. The second-order valence-electron chi connectivity index (χ2n) is 31.7. The molecule has 106 heavy (non-hydrogen) atoms. The number of epoxide rings is 1. The number of aliphatic hydroxyl groups excluding tert-OH is 2. The summed E-state index contributed by atoms with van der Waals surface area (Å²) in [4.78, 5) is 120. The molecule has 25 heteroatoms. The van der Waals surface area contributed by atoms with E-state index in [4.69, 9.17) is 4.74 Å². The molecule has 0 aromatic heterocycles. The number of hydrogen-bond acceptors (Lipinski definition) is 16. The lowest BCUT2D eigenvalue weighted by Gasteiger charge is -2.67. The van der Waals surface area contributed by atoms with Gasteiger partial charge in [-0.1, -0.05) is 60.8 Å². The van der Waals surface area contributed by atoms with Crippen molar-refractivity contribution in [1.29, 1.82) is 0 Å².